The highest BCUT2D eigenvalue weighted by Crippen LogP contribution is 2.15. The van der Waals surface area contributed by atoms with E-state index in [2.05, 4.69) is 15.5 Å². The molecule has 0 saturated carbocycles. The number of nitrogens with zero attached hydrogens (tertiary/aromatic N) is 2. The van der Waals surface area contributed by atoms with Crippen LogP contribution in [-0.2, 0) is 16.1 Å². The second kappa shape index (κ2) is 7.56. The van der Waals surface area contributed by atoms with E-state index in [0.29, 0.717) is 13.2 Å². The molecule has 1 aromatic rings. The molecule has 0 unspecified atom stereocenters. The second-order valence-corrected chi connectivity index (χ2v) is 3.99. The van der Waals surface area contributed by atoms with Gasteiger partial charge in [0, 0.05) is 26.9 Å². The number of anilines is 1. The van der Waals surface area contributed by atoms with E-state index >= 15 is 0 Å². The summed E-state index contributed by atoms with van der Waals surface area (Å²) in [6.45, 7) is 4.86. The van der Waals surface area contributed by atoms with Crippen molar-refractivity contribution in [1.29, 1.82) is 0 Å². The number of hydrogen-bond acceptors (Lipinski definition) is 6. The summed E-state index contributed by atoms with van der Waals surface area (Å²) >= 11 is 1.53. The Balaban J connectivity index is 2.14. The van der Waals surface area contributed by atoms with E-state index in [1.807, 2.05) is 6.92 Å². The van der Waals surface area contributed by atoms with Gasteiger partial charge in [0.1, 0.15) is 11.6 Å². The molecule has 1 rings (SSSR count). The molecule has 1 N–H and O–H groups in total. The highest BCUT2D eigenvalue weighted by atomic mass is 32.1. The summed E-state index contributed by atoms with van der Waals surface area (Å²) in [7, 11) is 1.69. The molecule has 1 aromatic heterocycles. The molecular weight excluding hydrogens is 214 g/mol. The van der Waals surface area contributed by atoms with E-state index in [9.17, 15) is 0 Å². The van der Waals surface area contributed by atoms with Crippen LogP contribution < -0.4 is 5.32 Å². The van der Waals surface area contributed by atoms with Gasteiger partial charge in [-0.05, 0) is 13.3 Å². The molecule has 0 saturated heterocycles. The fourth-order valence-electron chi connectivity index (χ4n) is 0.999. The van der Waals surface area contributed by atoms with Crippen molar-refractivity contribution in [2.45, 2.75) is 20.0 Å². The number of hydrogen-bond donors (Lipinski definition) is 1. The Morgan fingerprint density at radius 1 is 1.33 bits per heavy atom. The lowest BCUT2D eigenvalue weighted by Gasteiger charge is -2.00. The monoisotopic (exact) mass is 231 g/mol. The Morgan fingerprint density at radius 3 is 2.93 bits per heavy atom. The molecule has 5 nitrogen and oxygen atoms in total. The Hall–Kier alpha value is -0.720. The van der Waals surface area contributed by atoms with E-state index in [1.54, 1.807) is 7.11 Å². The standard InChI is InChI=1S/C9H17N3O2S/c1-3-10-9-12-11-8(15-9)7-14-6-4-5-13-2/h3-7H2,1-2H3,(H,10,12). The van der Waals surface area contributed by atoms with Crippen LogP contribution in [0.4, 0.5) is 5.13 Å². The Bertz CT molecular complexity index is 268. The highest BCUT2D eigenvalue weighted by Gasteiger charge is 2.02. The summed E-state index contributed by atoms with van der Waals surface area (Å²) in [4.78, 5) is 0. The van der Waals surface area contributed by atoms with Gasteiger partial charge in [0.15, 0.2) is 0 Å². The van der Waals surface area contributed by atoms with Gasteiger partial charge in [-0.2, -0.15) is 0 Å². The minimum absolute atomic E-state index is 0.534. The molecule has 0 aliphatic heterocycles. The molecular formula is C9H17N3O2S. The van der Waals surface area contributed by atoms with Crippen LogP contribution in [0.25, 0.3) is 0 Å². The molecule has 0 aliphatic carbocycles. The van der Waals surface area contributed by atoms with E-state index < -0.39 is 0 Å². The number of aromatic nitrogens is 2. The third-order valence-corrected chi connectivity index (χ3v) is 2.51. The summed E-state index contributed by atoms with van der Waals surface area (Å²) in [6, 6.07) is 0. The van der Waals surface area contributed by atoms with Crippen molar-refractivity contribution in [1.82, 2.24) is 10.2 Å². The molecule has 15 heavy (non-hydrogen) atoms. The maximum atomic E-state index is 5.41. The summed E-state index contributed by atoms with van der Waals surface area (Å²) in [5.41, 5.74) is 0. The largest absolute Gasteiger partial charge is 0.385 e. The van der Waals surface area contributed by atoms with Crippen LogP contribution in [0, 0.1) is 0 Å². The van der Waals surface area contributed by atoms with E-state index in [1.165, 1.54) is 11.3 Å². The predicted octanol–water partition coefficient (Wildman–Crippen LogP) is 1.52. The van der Waals surface area contributed by atoms with Crippen molar-refractivity contribution >= 4 is 16.5 Å². The molecule has 0 spiro atoms. The molecule has 0 amide bonds. The van der Waals surface area contributed by atoms with Crippen LogP contribution in [0.3, 0.4) is 0 Å². The van der Waals surface area contributed by atoms with Gasteiger partial charge in [-0.25, -0.2) is 0 Å². The maximum absolute atomic E-state index is 5.41. The average molecular weight is 231 g/mol. The fourth-order valence-corrected chi connectivity index (χ4v) is 1.74. The number of rotatable bonds is 8. The predicted molar refractivity (Wildman–Crippen MR) is 60.2 cm³/mol. The first-order valence-corrected chi connectivity index (χ1v) is 5.81. The summed E-state index contributed by atoms with van der Waals surface area (Å²) in [5.74, 6) is 0. The highest BCUT2D eigenvalue weighted by molar-refractivity contribution is 7.15. The normalized spacial score (nSPS) is 10.5. The SMILES string of the molecule is CCNc1nnc(COCCCOC)s1. The third-order valence-electron chi connectivity index (χ3n) is 1.66. The van der Waals surface area contributed by atoms with Crippen LogP contribution in [0.2, 0.25) is 0 Å². The van der Waals surface area contributed by atoms with Gasteiger partial charge >= 0.3 is 0 Å². The summed E-state index contributed by atoms with van der Waals surface area (Å²) < 4.78 is 10.3. The van der Waals surface area contributed by atoms with Gasteiger partial charge < -0.3 is 14.8 Å². The van der Waals surface area contributed by atoms with Crippen molar-refractivity contribution in [3.8, 4) is 0 Å². The first kappa shape index (κ1) is 12.4. The minimum atomic E-state index is 0.534. The number of methoxy groups -OCH3 is 1. The van der Waals surface area contributed by atoms with Crippen LogP contribution >= 0.6 is 11.3 Å². The van der Waals surface area contributed by atoms with Crippen LogP contribution in [0.5, 0.6) is 0 Å². The molecule has 1 heterocycles. The zero-order valence-corrected chi connectivity index (χ0v) is 9.97. The molecule has 0 fully saturated rings. The third kappa shape index (κ3) is 5.06. The van der Waals surface area contributed by atoms with Gasteiger partial charge in [0.2, 0.25) is 5.13 Å². The molecule has 6 heteroatoms. The van der Waals surface area contributed by atoms with Crippen molar-refractivity contribution in [3.05, 3.63) is 5.01 Å². The van der Waals surface area contributed by atoms with E-state index in [-0.39, 0.29) is 0 Å². The van der Waals surface area contributed by atoms with Crippen LogP contribution in [0.1, 0.15) is 18.4 Å². The zero-order chi connectivity index (χ0) is 10.9. The van der Waals surface area contributed by atoms with Gasteiger partial charge in [-0.1, -0.05) is 11.3 Å². The molecule has 0 aliphatic rings. The van der Waals surface area contributed by atoms with E-state index in [4.69, 9.17) is 9.47 Å². The van der Waals surface area contributed by atoms with Gasteiger partial charge in [-0.15, -0.1) is 10.2 Å². The van der Waals surface area contributed by atoms with Gasteiger partial charge in [0.25, 0.3) is 0 Å². The molecule has 0 bridgehead atoms. The number of nitrogens with one attached hydrogen (secondary N) is 1. The number of ether oxygens (including phenoxy) is 2. The smallest absolute Gasteiger partial charge is 0.205 e. The first-order valence-electron chi connectivity index (χ1n) is 4.99. The van der Waals surface area contributed by atoms with Crippen molar-refractivity contribution in [2.75, 3.05) is 32.2 Å². The zero-order valence-electron chi connectivity index (χ0n) is 9.15. The van der Waals surface area contributed by atoms with Crippen molar-refractivity contribution in [2.24, 2.45) is 0 Å². The molecule has 0 radical (unpaired) electrons. The average Bonchev–Trinajstić information content (AvgIpc) is 2.66. The lowest BCUT2D eigenvalue weighted by atomic mass is 10.5. The Morgan fingerprint density at radius 2 is 2.20 bits per heavy atom. The summed E-state index contributed by atoms with van der Waals surface area (Å²) in [5, 5.41) is 12.8. The van der Waals surface area contributed by atoms with E-state index in [0.717, 1.165) is 29.7 Å². The molecule has 0 atom stereocenters. The lowest BCUT2D eigenvalue weighted by molar-refractivity contribution is 0.0924. The summed E-state index contributed by atoms with van der Waals surface area (Å²) in [6.07, 6.45) is 0.912. The Kier molecular flexibility index (Phi) is 6.22. The minimum Gasteiger partial charge on any atom is -0.385 e. The lowest BCUT2D eigenvalue weighted by Crippen LogP contribution is -1.99. The quantitative estimate of drug-likeness (QED) is 0.687. The van der Waals surface area contributed by atoms with Gasteiger partial charge in [-0.3, -0.25) is 0 Å². The maximum Gasteiger partial charge on any atom is 0.205 e. The fraction of sp³-hybridized carbons (Fsp3) is 0.778. The van der Waals surface area contributed by atoms with Gasteiger partial charge in [0.05, 0.1) is 0 Å². The van der Waals surface area contributed by atoms with Crippen LogP contribution in [-0.4, -0.2) is 37.1 Å². The molecule has 0 aromatic carbocycles. The topological polar surface area (TPSA) is 56.3 Å². The van der Waals surface area contributed by atoms with Crippen molar-refractivity contribution in [3.63, 3.8) is 0 Å². The first-order chi connectivity index (χ1) is 7.36. The molecule has 86 valence electrons. The second-order valence-electron chi connectivity index (χ2n) is 2.93. The van der Waals surface area contributed by atoms with Crippen LogP contribution in [0.15, 0.2) is 0 Å². The van der Waals surface area contributed by atoms with Crippen molar-refractivity contribution < 1.29 is 9.47 Å². The Labute approximate surface area is 93.8 Å².